The molecule has 0 aromatic rings. The van der Waals surface area contributed by atoms with Crippen molar-refractivity contribution in [3.05, 3.63) is 0 Å². The molecule has 3 rings (SSSR count). The Morgan fingerprint density at radius 2 is 2.18 bits per heavy atom. The SMILES string of the molecule is COC(=O)CC1CCC(C2N=C(Br)C3C(=O)NC=NN32)CC1. The number of halogens is 1. The van der Waals surface area contributed by atoms with Gasteiger partial charge in [0.05, 0.1) is 7.11 Å². The zero-order valence-corrected chi connectivity index (χ0v) is 14.0. The highest BCUT2D eigenvalue weighted by atomic mass is 79.9. The van der Waals surface area contributed by atoms with Gasteiger partial charge in [-0.1, -0.05) is 0 Å². The van der Waals surface area contributed by atoms with E-state index in [1.54, 1.807) is 5.01 Å². The minimum absolute atomic E-state index is 0.0965. The molecular weight excluding hydrogens is 352 g/mol. The van der Waals surface area contributed by atoms with Gasteiger partial charge in [0, 0.05) is 12.3 Å². The molecular formula is C14H19BrN4O3. The number of nitrogens with zero attached hydrogens (tertiary/aromatic N) is 3. The van der Waals surface area contributed by atoms with Crippen LogP contribution < -0.4 is 5.32 Å². The Kier molecular flexibility index (Phi) is 4.46. The van der Waals surface area contributed by atoms with Gasteiger partial charge in [-0.15, -0.1) is 0 Å². The Labute approximate surface area is 137 Å². The first-order valence-electron chi connectivity index (χ1n) is 7.51. The molecule has 1 amide bonds. The third kappa shape index (κ3) is 2.88. The zero-order valence-electron chi connectivity index (χ0n) is 12.4. The van der Waals surface area contributed by atoms with Crippen molar-refractivity contribution >= 4 is 38.8 Å². The predicted octanol–water partition coefficient (Wildman–Crippen LogP) is 1.23. The number of nitrogens with one attached hydrogen (secondary N) is 1. The van der Waals surface area contributed by atoms with Gasteiger partial charge in [0.25, 0.3) is 5.91 Å². The van der Waals surface area contributed by atoms with Gasteiger partial charge in [0.15, 0.2) is 6.04 Å². The molecule has 0 aromatic heterocycles. The van der Waals surface area contributed by atoms with Gasteiger partial charge in [-0.05, 0) is 47.5 Å². The molecule has 0 spiro atoms. The summed E-state index contributed by atoms with van der Waals surface area (Å²) in [6.07, 6.45) is 5.76. The number of carbonyl (C=O) groups excluding carboxylic acids is 2. The summed E-state index contributed by atoms with van der Waals surface area (Å²) in [5.41, 5.74) is 0. The van der Waals surface area contributed by atoms with Gasteiger partial charge in [0.1, 0.15) is 17.1 Å². The second kappa shape index (κ2) is 6.36. The van der Waals surface area contributed by atoms with Crippen LogP contribution in [0.1, 0.15) is 32.1 Å². The Bertz CT molecular complexity index is 528. The Morgan fingerprint density at radius 1 is 1.45 bits per heavy atom. The quantitative estimate of drug-likeness (QED) is 0.757. The van der Waals surface area contributed by atoms with Crippen LogP contribution in [0.3, 0.4) is 0 Å². The van der Waals surface area contributed by atoms with Crippen molar-refractivity contribution < 1.29 is 14.3 Å². The highest BCUT2D eigenvalue weighted by Crippen LogP contribution is 2.38. The van der Waals surface area contributed by atoms with E-state index in [1.165, 1.54) is 13.4 Å². The molecule has 2 heterocycles. The molecule has 2 atom stereocenters. The molecule has 0 radical (unpaired) electrons. The normalized spacial score (nSPS) is 34.0. The number of hydrogen-bond donors (Lipinski definition) is 1. The van der Waals surface area contributed by atoms with Crippen LogP contribution in [0.4, 0.5) is 0 Å². The average Bonchev–Trinajstić information content (AvgIpc) is 2.86. The molecule has 0 aromatic carbocycles. The van der Waals surface area contributed by atoms with Gasteiger partial charge >= 0.3 is 5.97 Å². The summed E-state index contributed by atoms with van der Waals surface area (Å²) in [5.74, 6) is 0.505. The number of amides is 1. The van der Waals surface area contributed by atoms with Crippen LogP contribution in [-0.4, -0.2) is 47.2 Å². The first-order chi connectivity index (χ1) is 10.6. The van der Waals surface area contributed by atoms with Crippen molar-refractivity contribution in [2.75, 3.05) is 7.11 Å². The van der Waals surface area contributed by atoms with E-state index in [9.17, 15) is 9.59 Å². The lowest BCUT2D eigenvalue weighted by atomic mass is 9.79. The van der Waals surface area contributed by atoms with E-state index < -0.39 is 6.04 Å². The first kappa shape index (κ1) is 15.5. The summed E-state index contributed by atoms with van der Waals surface area (Å²) >= 11 is 3.39. The highest BCUT2D eigenvalue weighted by Gasteiger charge is 2.44. The minimum atomic E-state index is -0.442. The number of ether oxygens (including phenoxy) is 1. The standard InChI is InChI=1S/C14H19BrN4O3/c1-22-10(20)6-8-2-4-9(5-3-8)13-18-12(15)11-14(21)16-7-17-19(11)13/h7-9,11,13H,2-6H2,1H3,(H,16,17,21). The minimum Gasteiger partial charge on any atom is -0.469 e. The summed E-state index contributed by atoms with van der Waals surface area (Å²) in [5, 5.41) is 8.68. The number of esters is 1. The van der Waals surface area contributed by atoms with E-state index in [2.05, 4.69) is 31.3 Å². The lowest BCUT2D eigenvalue weighted by Crippen LogP contribution is -2.52. The molecule has 120 valence electrons. The number of rotatable bonds is 3. The highest BCUT2D eigenvalue weighted by molar-refractivity contribution is 9.18. The van der Waals surface area contributed by atoms with E-state index >= 15 is 0 Å². The van der Waals surface area contributed by atoms with Crippen molar-refractivity contribution in [2.45, 2.75) is 44.3 Å². The lowest BCUT2D eigenvalue weighted by molar-refractivity contribution is -0.142. The summed E-state index contributed by atoms with van der Waals surface area (Å²) < 4.78 is 5.38. The van der Waals surface area contributed by atoms with E-state index in [0.29, 0.717) is 22.9 Å². The lowest BCUT2D eigenvalue weighted by Gasteiger charge is -2.36. The van der Waals surface area contributed by atoms with Crippen molar-refractivity contribution in [1.29, 1.82) is 0 Å². The Hall–Kier alpha value is -1.44. The van der Waals surface area contributed by atoms with Crippen LogP contribution >= 0.6 is 15.9 Å². The summed E-state index contributed by atoms with van der Waals surface area (Å²) in [7, 11) is 1.43. The van der Waals surface area contributed by atoms with E-state index in [4.69, 9.17) is 4.74 Å². The molecule has 1 fully saturated rings. The fourth-order valence-corrected chi connectivity index (χ4v) is 4.08. The number of carbonyl (C=O) groups is 2. The number of hydrazone groups is 1. The van der Waals surface area contributed by atoms with Crippen molar-refractivity contribution in [2.24, 2.45) is 21.9 Å². The molecule has 22 heavy (non-hydrogen) atoms. The molecule has 0 saturated heterocycles. The number of methoxy groups -OCH3 is 1. The van der Waals surface area contributed by atoms with Crippen LogP contribution in [0.2, 0.25) is 0 Å². The summed E-state index contributed by atoms with van der Waals surface area (Å²) in [6, 6.07) is -0.442. The molecule has 2 unspecified atom stereocenters. The van der Waals surface area contributed by atoms with Crippen LogP contribution in [0, 0.1) is 11.8 Å². The van der Waals surface area contributed by atoms with Gasteiger partial charge < -0.3 is 10.1 Å². The topological polar surface area (TPSA) is 83.4 Å². The fraction of sp³-hybridized carbons (Fsp3) is 0.714. The fourth-order valence-electron chi connectivity index (χ4n) is 3.45. The maximum absolute atomic E-state index is 11.9. The van der Waals surface area contributed by atoms with Gasteiger partial charge in [0.2, 0.25) is 0 Å². The second-order valence-corrected chi connectivity index (χ2v) is 6.77. The monoisotopic (exact) mass is 370 g/mol. The molecule has 3 aliphatic rings. The maximum Gasteiger partial charge on any atom is 0.305 e. The molecule has 8 heteroatoms. The summed E-state index contributed by atoms with van der Waals surface area (Å²) in [4.78, 5) is 27.9. The third-order valence-corrected chi connectivity index (χ3v) is 5.30. The molecule has 1 N–H and O–H groups in total. The van der Waals surface area contributed by atoms with Crippen LogP contribution in [-0.2, 0) is 14.3 Å². The average molecular weight is 371 g/mol. The maximum atomic E-state index is 11.9. The largest absolute Gasteiger partial charge is 0.469 e. The number of fused-ring (bicyclic) bond motifs is 1. The molecule has 7 nitrogen and oxygen atoms in total. The summed E-state index contributed by atoms with van der Waals surface area (Å²) in [6.45, 7) is 0. The number of hydrogen-bond acceptors (Lipinski definition) is 6. The molecule has 0 bridgehead atoms. The van der Waals surface area contributed by atoms with E-state index in [1.807, 2.05) is 0 Å². The van der Waals surface area contributed by atoms with Crippen molar-refractivity contribution in [3.63, 3.8) is 0 Å². The first-order valence-corrected chi connectivity index (χ1v) is 8.30. The molecule has 1 aliphatic carbocycles. The smallest absolute Gasteiger partial charge is 0.305 e. The third-order valence-electron chi connectivity index (χ3n) is 4.66. The van der Waals surface area contributed by atoms with Crippen LogP contribution in [0.5, 0.6) is 0 Å². The van der Waals surface area contributed by atoms with E-state index in [0.717, 1.165) is 25.7 Å². The molecule has 2 aliphatic heterocycles. The number of aliphatic imine (C=N–C) groups is 1. The van der Waals surface area contributed by atoms with Gasteiger partial charge in [-0.3, -0.25) is 19.6 Å². The Morgan fingerprint density at radius 3 is 2.86 bits per heavy atom. The molecule has 1 saturated carbocycles. The van der Waals surface area contributed by atoms with Gasteiger partial charge in [-0.2, -0.15) is 5.10 Å². The van der Waals surface area contributed by atoms with Crippen molar-refractivity contribution in [1.82, 2.24) is 10.3 Å². The van der Waals surface area contributed by atoms with Crippen molar-refractivity contribution in [3.8, 4) is 0 Å². The van der Waals surface area contributed by atoms with Crippen LogP contribution in [0.15, 0.2) is 10.1 Å². The van der Waals surface area contributed by atoms with E-state index in [-0.39, 0.29) is 18.0 Å². The van der Waals surface area contributed by atoms with Gasteiger partial charge in [-0.25, -0.2) is 0 Å². The van der Waals surface area contributed by atoms with Crippen LogP contribution in [0.25, 0.3) is 0 Å². The second-order valence-electron chi connectivity index (χ2n) is 5.96. The zero-order chi connectivity index (χ0) is 15.7. The Balaban J connectivity index is 1.62. The predicted molar refractivity (Wildman–Crippen MR) is 84.5 cm³/mol.